The molecule has 5 heteroatoms. The summed E-state index contributed by atoms with van der Waals surface area (Å²) in [6, 6.07) is 18.8. The minimum absolute atomic E-state index is 0.119. The predicted molar refractivity (Wildman–Crippen MR) is 102 cm³/mol. The van der Waals surface area contributed by atoms with Crippen LogP contribution < -0.4 is 16.4 Å². The number of hydrogen-bond acceptors (Lipinski definition) is 3. The molecule has 0 radical (unpaired) electrons. The third-order valence-corrected chi connectivity index (χ3v) is 4.96. The van der Waals surface area contributed by atoms with E-state index in [2.05, 4.69) is 22.8 Å². The predicted octanol–water partition coefficient (Wildman–Crippen LogP) is 1.91. The summed E-state index contributed by atoms with van der Waals surface area (Å²) < 4.78 is 0. The van der Waals surface area contributed by atoms with Gasteiger partial charge >= 0.3 is 0 Å². The van der Waals surface area contributed by atoms with E-state index in [1.807, 2.05) is 48.5 Å². The van der Waals surface area contributed by atoms with Crippen LogP contribution in [-0.4, -0.2) is 30.4 Å². The van der Waals surface area contributed by atoms with Gasteiger partial charge < -0.3 is 16.4 Å². The molecule has 2 aromatic carbocycles. The molecule has 136 valence electrons. The number of rotatable bonds is 4. The third kappa shape index (κ3) is 4.11. The van der Waals surface area contributed by atoms with E-state index in [1.54, 1.807) is 6.92 Å². The molecule has 0 saturated carbocycles. The zero-order valence-electron chi connectivity index (χ0n) is 14.9. The molecule has 1 saturated heterocycles. The van der Waals surface area contributed by atoms with E-state index in [0.29, 0.717) is 6.54 Å². The Morgan fingerprint density at radius 2 is 1.65 bits per heavy atom. The molecule has 0 aliphatic carbocycles. The van der Waals surface area contributed by atoms with Crippen LogP contribution in [0.2, 0.25) is 0 Å². The Morgan fingerprint density at radius 3 is 2.23 bits per heavy atom. The van der Waals surface area contributed by atoms with Crippen molar-refractivity contribution in [2.45, 2.75) is 37.3 Å². The van der Waals surface area contributed by atoms with Crippen molar-refractivity contribution in [2.24, 2.45) is 5.73 Å². The molecule has 3 rings (SSSR count). The second-order valence-electron chi connectivity index (χ2n) is 6.88. The molecule has 2 aromatic rings. The SMILES string of the molecule is C[C@H](N)C(=O)N[C@@H]1C(=O)NC[C@H](c2ccccc2)C[C@@H]1c1ccccc1. The molecular weight excluding hydrogens is 326 g/mol. The summed E-state index contributed by atoms with van der Waals surface area (Å²) in [7, 11) is 0. The standard InChI is InChI=1S/C21H25N3O2/c1-14(22)20(25)24-19-18(16-10-6-3-7-11-16)12-17(13-23-21(19)26)15-8-4-2-5-9-15/h2-11,14,17-19H,12-13,22H2,1H3,(H,23,26)(H,24,25)/t14-,17+,18+,19-/m0/s1. The minimum Gasteiger partial charge on any atom is -0.354 e. The Hall–Kier alpha value is -2.66. The number of carbonyl (C=O) groups is 2. The summed E-state index contributed by atoms with van der Waals surface area (Å²) in [5.74, 6) is -0.412. The fourth-order valence-corrected chi connectivity index (χ4v) is 3.50. The van der Waals surface area contributed by atoms with Crippen LogP contribution >= 0.6 is 0 Å². The van der Waals surface area contributed by atoms with E-state index in [-0.39, 0.29) is 23.7 Å². The Balaban J connectivity index is 1.94. The fourth-order valence-electron chi connectivity index (χ4n) is 3.50. The summed E-state index contributed by atoms with van der Waals surface area (Å²) >= 11 is 0. The number of carbonyl (C=O) groups excluding carboxylic acids is 2. The first kappa shape index (κ1) is 18.1. The van der Waals surface area contributed by atoms with Gasteiger partial charge in [0.25, 0.3) is 0 Å². The molecule has 1 fully saturated rings. The van der Waals surface area contributed by atoms with Crippen LogP contribution in [0.25, 0.3) is 0 Å². The Labute approximate surface area is 154 Å². The fraction of sp³-hybridized carbons (Fsp3) is 0.333. The van der Waals surface area contributed by atoms with Gasteiger partial charge in [0.15, 0.2) is 0 Å². The minimum atomic E-state index is -0.660. The maximum Gasteiger partial charge on any atom is 0.243 e. The van der Waals surface area contributed by atoms with Crippen LogP contribution in [0, 0.1) is 0 Å². The largest absolute Gasteiger partial charge is 0.354 e. The molecule has 1 heterocycles. The summed E-state index contributed by atoms with van der Waals surface area (Å²) in [5.41, 5.74) is 7.93. The van der Waals surface area contributed by atoms with E-state index < -0.39 is 12.1 Å². The highest BCUT2D eigenvalue weighted by Crippen LogP contribution is 2.34. The van der Waals surface area contributed by atoms with Crippen molar-refractivity contribution in [2.75, 3.05) is 6.54 Å². The van der Waals surface area contributed by atoms with E-state index in [4.69, 9.17) is 5.73 Å². The maximum absolute atomic E-state index is 12.8. The number of amides is 2. The van der Waals surface area contributed by atoms with E-state index in [0.717, 1.165) is 12.0 Å². The van der Waals surface area contributed by atoms with Crippen LogP contribution in [0.3, 0.4) is 0 Å². The van der Waals surface area contributed by atoms with Crippen molar-refractivity contribution < 1.29 is 9.59 Å². The molecule has 0 unspecified atom stereocenters. The number of nitrogens with two attached hydrogens (primary N) is 1. The van der Waals surface area contributed by atoms with Crippen LogP contribution in [0.1, 0.15) is 36.3 Å². The summed E-state index contributed by atoms with van der Waals surface area (Å²) in [5, 5.41) is 5.85. The lowest BCUT2D eigenvalue weighted by molar-refractivity contribution is -0.129. The van der Waals surface area contributed by atoms with Crippen LogP contribution in [0.5, 0.6) is 0 Å². The monoisotopic (exact) mass is 351 g/mol. The summed E-state index contributed by atoms with van der Waals surface area (Å²) in [6.45, 7) is 2.17. The van der Waals surface area contributed by atoms with E-state index in [9.17, 15) is 9.59 Å². The molecule has 0 bridgehead atoms. The highest BCUT2D eigenvalue weighted by atomic mass is 16.2. The number of benzene rings is 2. The lowest BCUT2D eigenvalue weighted by Gasteiger charge is -2.27. The molecule has 0 spiro atoms. The van der Waals surface area contributed by atoms with Gasteiger partial charge in [-0.25, -0.2) is 0 Å². The highest BCUT2D eigenvalue weighted by Gasteiger charge is 2.36. The molecule has 26 heavy (non-hydrogen) atoms. The molecule has 5 nitrogen and oxygen atoms in total. The van der Waals surface area contributed by atoms with Gasteiger partial charge in [-0.15, -0.1) is 0 Å². The van der Waals surface area contributed by atoms with E-state index in [1.165, 1.54) is 5.56 Å². The molecule has 2 amide bonds. The lowest BCUT2D eigenvalue weighted by atomic mass is 9.82. The maximum atomic E-state index is 12.8. The van der Waals surface area contributed by atoms with Gasteiger partial charge in [-0.3, -0.25) is 9.59 Å². The van der Waals surface area contributed by atoms with Gasteiger partial charge in [0, 0.05) is 18.4 Å². The van der Waals surface area contributed by atoms with Gasteiger partial charge in [0.2, 0.25) is 11.8 Å². The molecule has 4 atom stereocenters. The van der Waals surface area contributed by atoms with Gasteiger partial charge in [0.05, 0.1) is 6.04 Å². The van der Waals surface area contributed by atoms with Gasteiger partial charge in [0.1, 0.15) is 6.04 Å². The van der Waals surface area contributed by atoms with Crippen molar-refractivity contribution in [3.05, 3.63) is 71.8 Å². The van der Waals surface area contributed by atoms with Crippen LogP contribution in [-0.2, 0) is 9.59 Å². The smallest absolute Gasteiger partial charge is 0.243 e. The highest BCUT2D eigenvalue weighted by molar-refractivity contribution is 5.90. The van der Waals surface area contributed by atoms with Crippen molar-refractivity contribution in [3.8, 4) is 0 Å². The molecule has 4 N–H and O–H groups in total. The van der Waals surface area contributed by atoms with E-state index >= 15 is 0 Å². The first-order valence-corrected chi connectivity index (χ1v) is 9.00. The molecule has 0 aromatic heterocycles. The van der Waals surface area contributed by atoms with Gasteiger partial charge in [-0.05, 0) is 24.5 Å². The second-order valence-corrected chi connectivity index (χ2v) is 6.88. The molecule has 1 aliphatic rings. The number of hydrogen-bond donors (Lipinski definition) is 3. The number of nitrogens with one attached hydrogen (secondary N) is 2. The van der Waals surface area contributed by atoms with Crippen molar-refractivity contribution >= 4 is 11.8 Å². The van der Waals surface area contributed by atoms with Gasteiger partial charge in [-0.2, -0.15) is 0 Å². The Kier molecular flexibility index (Phi) is 5.68. The Bertz CT molecular complexity index is 746. The first-order chi connectivity index (χ1) is 12.6. The Morgan fingerprint density at radius 1 is 1.08 bits per heavy atom. The summed E-state index contributed by atoms with van der Waals surface area (Å²) in [6.07, 6.45) is 0.761. The summed E-state index contributed by atoms with van der Waals surface area (Å²) in [4.78, 5) is 24.9. The van der Waals surface area contributed by atoms with Crippen LogP contribution in [0.15, 0.2) is 60.7 Å². The lowest BCUT2D eigenvalue weighted by Crippen LogP contribution is -2.52. The van der Waals surface area contributed by atoms with Crippen LogP contribution in [0.4, 0.5) is 0 Å². The topological polar surface area (TPSA) is 84.2 Å². The quantitative estimate of drug-likeness (QED) is 0.787. The third-order valence-electron chi connectivity index (χ3n) is 4.96. The first-order valence-electron chi connectivity index (χ1n) is 9.00. The average Bonchev–Trinajstić information content (AvgIpc) is 2.83. The second kappa shape index (κ2) is 8.15. The average molecular weight is 351 g/mol. The van der Waals surface area contributed by atoms with Crippen molar-refractivity contribution in [3.63, 3.8) is 0 Å². The molecular formula is C21H25N3O2. The van der Waals surface area contributed by atoms with Crippen molar-refractivity contribution in [1.29, 1.82) is 0 Å². The zero-order chi connectivity index (χ0) is 18.5. The van der Waals surface area contributed by atoms with Gasteiger partial charge in [-0.1, -0.05) is 60.7 Å². The molecule has 1 aliphatic heterocycles. The normalized spacial score (nSPS) is 24.2. The van der Waals surface area contributed by atoms with Crippen molar-refractivity contribution in [1.82, 2.24) is 10.6 Å². The zero-order valence-corrected chi connectivity index (χ0v) is 14.9.